The summed E-state index contributed by atoms with van der Waals surface area (Å²) in [7, 11) is -1.94. The Bertz CT molecular complexity index is 1180. The molecule has 3 aromatic rings. The van der Waals surface area contributed by atoms with Gasteiger partial charge in [0.1, 0.15) is 24.2 Å². The van der Waals surface area contributed by atoms with Crippen molar-refractivity contribution in [2.24, 2.45) is 5.92 Å². The standard InChI is InChI=1S/C25H33N3O5S/c1-18-14-23-24(27-18)4-3-5-25(23)33-17-20(29)16-26-15-19-10-12-28(13-11-19)34(30,31)22-8-6-21(32-2)7-9-22/h3-9,14,19-20,26-27,29H,10-13,15-17H2,1-2H3/t20-/m0/s1. The number of sulfonamides is 1. The minimum atomic E-state index is -3.49. The third-order valence-corrected chi connectivity index (χ3v) is 8.19. The lowest BCUT2D eigenvalue weighted by Crippen LogP contribution is -2.42. The molecule has 0 radical (unpaired) electrons. The largest absolute Gasteiger partial charge is 0.497 e. The van der Waals surface area contributed by atoms with E-state index < -0.39 is 16.1 Å². The van der Waals surface area contributed by atoms with Crippen LogP contribution in [0.3, 0.4) is 0 Å². The normalized spacial score (nSPS) is 16.6. The fraction of sp³-hybridized carbons (Fsp3) is 0.440. The van der Waals surface area contributed by atoms with Gasteiger partial charge in [-0.2, -0.15) is 4.31 Å². The first-order valence-corrected chi connectivity index (χ1v) is 13.0. The summed E-state index contributed by atoms with van der Waals surface area (Å²) >= 11 is 0. The molecule has 34 heavy (non-hydrogen) atoms. The van der Waals surface area contributed by atoms with Gasteiger partial charge in [0.05, 0.1) is 12.0 Å². The zero-order valence-corrected chi connectivity index (χ0v) is 20.5. The number of aromatic amines is 1. The molecule has 8 nitrogen and oxygen atoms in total. The Morgan fingerprint density at radius 2 is 1.91 bits per heavy atom. The number of ether oxygens (including phenoxy) is 2. The number of piperidine rings is 1. The van der Waals surface area contributed by atoms with Crippen LogP contribution in [0, 0.1) is 12.8 Å². The van der Waals surface area contributed by atoms with Crippen LogP contribution in [0.2, 0.25) is 0 Å². The lowest BCUT2D eigenvalue weighted by atomic mass is 9.98. The van der Waals surface area contributed by atoms with Gasteiger partial charge in [-0.05, 0) is 74.7 Å². The fourth-order valence-corrected chi connectivity index (χ4v) is 5.81. The molecule has 0 spiro atoms. The number of aromatic nitrogens is 1. The zero-order chi connectivity index (χ0) is 24.1. The van der Waals surface area contributed by atoms with Crippen LogP contribution in [0.5, 0.6) is 11.5 Å². The Morgan fingerprint density at radius 3 is 2.62 bits per heavy atom. The fourth-order valence-electron chi connectivity index (χ4n) is 4.34. The van der Waals surface area contributed by atoms with Crippen molar-refractivity contribution in [2.45, 2.75) is 30.8 Å². The number of rotatable bonds is 10. The summed E-state index contributed by atoms with van der Waals surface area (Å²) in [6, 6.07) is 14.4. The highest BCUT2D eigenvalue weighted by atomic mass is 32.2. The van der Waals surface area contributed by atoms with Gasteiger partial charge in [-0.1, -0.05) is 6.07 Å². The zero-order valence-electron chi connectivity index (χ0n) is 19.7. The molecule has 1 aromatic heterocycles. The van der Waals surface area contributed by atoms with E-state index in [1.54, 1.807) is 35.7 Å². The highest BCUT2D eigenvalue weighted by Gasteiger charge is 2.29. The maximum absolute atomic E-state index is 12.9. The number of nitrogens with one attached hydrogen (secondary N) is 2. The van der Waals surface area contributed by atoms with Crippen molar-refractivity contribution in [3.8, 4) is 11.5 Å². The minimum Gasteiger partial charge on any atom is -0.497 e. The molecular weight excluding hydrogens is 454 g/mol. The summed E-state index contributed by atoms with van der Waals surface area (Å²) in [4.78, 5) is 3.57. The Labute approximate surface area is 200 Å². The van der Waals surface area contributed by atoms with E-state index in [2.05, 4.69) is 10.3 Å². The summed E-state index contributed by atoms with van der Waals surface area (Å²) in [5.41, 5.74) is 2.08. The van der Waals surface area contributed by atoms with Crippen LogP contribution >= 0.6 is 0 Å². The molecule has 0 amide bonds. The lowest BCUT2D eigenvalue weighted by molar-refractivity contribution is 0.105. The monoisotopic (exact) mass is 487 g/mol. The highest BCUT2D eigenvalue weighted by molar-refractivity contribution is 7.89. The first-order chi connectivity index (χ1) is 16.4. The molecule has 1 atom stereocenters. The molecule has 4 rings (SSSR count). The molecule has 2 heterocycles. The summed E-state index contributed by atoms with van der Waals surface area (Å²) < 4.78 is 38.3. The first kappa shape index (κ1) is 24.5. The molecule has 3 N–H and O–H groups in total. The Hall–Kier alpha value is -2.59. The molecule has 1 saturated heterocycles. The van der Waals surface area contributed by atoms with Crippen molar-refractivity contribution >= 4 is 20.9 Å². The number of fused-ring (bicyclic) bond motifs is 1. The topological polar surface area (TPSA) is 104 Å². The van der Waals surface area contributed by atoms with Gasteiger partial charge in [-0.25, -0.2) is 8.42 Å². The van der Waals surface area contributed by atoms with Gasteiger partial charge in [-0.3, -0.25) is 0 Å². The van der Waals surface area contributed by atoms with Gasteiger partial charge in [0.25, 0.3) is 0 Å². The second-order valence-electron chi connectivity index (χ2n) is 8.82. The van der Waals surface area contributed by atoms with Crippen molar-refractivity contribution in [3.05, 3.63) is 54.2 Å². The second kappa shape index (κ2) is 10.8. The van der Waals surface area contributed by atoms with E-state index in [0.29, 0.717) is 36.2 Å². The Kier molecular flexibility index (Phi) is 7.77. The predicted molar refractivity (Wildman–Crippen MR) is 132 cm³/mol. The van der Waals surface area contributed by atoms with E-state index in [-0.39, 0.29) is 6.61 Å². The Morgan fingerprint density at radius 1 is 1.18 bits per heavy atom. The van der Waals surface area contributed by atoms with Crippen LogP contribution in [0.4, 0.5) is 0 Å². The molecule has 0 saturated carbocycles. The first-order valence-electron chi connectivity index (χ1n) is 11.6. The number of aryl methyl sites for hydroxylation is 1. The number of aliphatic hydroxyl groups excluding tert-OH is 1. The number of benzene rings is 2. The maximum Gasteiger partial charge on any atom is 0.243 e. The molecule has 1 fully saturated rings. The smallest absolute Gasteiger partial charge is 0.243 e. The SMILES string of the molecule is COc1ccc(S(=O)(=O)N2CCC(CNC[C@H](O)COc3cccc4[nH]c(C)cc34)CC2)cc1. The van der Waals surface area contributed by atoms with E-state index in [9.17, 15) is 13.5 Å². The van der Waals surface area contributed by atoms with Crippen molar-refractivity contribution in [3.63, 3.8) is 0 Å². The number of nitrogens with zero attached hydrogens (tertiary/aromatic N) is 1. The molecule has 1 aliphatic heterocycles. The van der Waals surface area contributed by atoms with Crippen LogP contribution in [-0.2, 0) is 10.0 Å². The van der Waals surface area contributed by atoms with E-state index in [4.69, 9.17) is 9.47 Å². The molecular formula is C25H33N3O5S. The number of methoxy groups -OCH3 is 1. The lowest BCUT2D eigenvalue weighted by Gasteiger charge is -2.31. The summed E-state index contributed by atoms with van der Waals surface area (Å²) in [6.45, 7) is 4.35. The molecule has 184 valence electrons. The van der Waals surface area contributed by atoms with Crippen LogP contribution < -0.4 is 14.8 Å². The van der Waals surface area contributed by atoms with Crippen LogP contribution in [0.25, 0.3) is 10.9 Å². The van der Waals surface area contributed by atoms with E-state index >= 15 is 0 Å². The summed E-state index contributed by atoms with van der Waals surface area (Å²) in [5, 5.41) is 14.7. The maximum atomic E-state index is 12.9. The van der Waals surface area contributed by atoms with Crippen molar-refractivity contribution < 1.29 is 23.0 Å². The van der Waals surface area contributed by atoms with Crippen LogP contribution in [0.1, 0.15) is 18.5 Å². The molecule has 0 bridgehead atoms. The summed E-state index contributed by atoms with van der Waals surface area (Å²) in [6.07, 6.45) is 0.930. The molecule has 2 aromatic carbocycles. The molecule has 1 aliphatic rings. The molecule has 0 unspecified atom stereocenters. The van der Waals surface area contributed by atoms with Crippen molar-refractivity contribution in [2.75, 3.05) is 39.9 Å². The van der Waals surface area contributed by atoms with Gasteiger partial charge < -0.3 is 24.9 Å². The predicted octanol–water partition coefficient (Wildman–Crippen LogP) is 2.92. The van der Waals surface area contributed by atoms with E-state index in [0.717, 1.165) is 41.7 Å². The number of hydrogen-bond acceptors (Lipinski definition) is 6. The van der Waals surface area contributed by atoms with Crippen molar-refractivity contribution in [1.29, 1.82) is 0 Å². The van der Waals surface area contributed by atoms with E-state index in [1.165, 1.54) is 0 Å². The van der Waals surface area contributed by atoms with Crippen molar-refractivity contribution in [1.82, 2.24) is 14.6 Å². The Balaban J connectivity index is 1.19. The van der Waals surface area contributed by atoms with Crippen LogP contribution in [-0.4, -0.2) is 68.8 Å². The average Bonchev–Trinajstić information content (AvgIpc) is 3.24. The quantitative estimate of drug-likeness (QED) is 0.406. The van der Waals surface area contributed by atoms with Crippen LogP contribution in [0.15, 0.2) is 53.4 Å². The van der Waals surface area contributed by atoms with Gasteiger partial charge >= 0.3 is 0 Å². The molecule has 0 aliphatic carbocycles. The third kappa shape index (κ3) is 5.72. The number of hydrogen-bond donors (Lipinski definition) is 3. The van der Waals surface area contributed by atoms with E-state index in [1.807, 2.05) is 31.2 Å². The number of H-pyrrole nitrogens is 1. The average molecular weight is 488 g/mol. The van der Waals surface area contributed by atoms with Gasteiger partial charge in [0.2, 0.25) is 10.0 Å². The molecule has 9 heteroatoms. The number of aliphatic hydroxyl groups is 1. The van der Waals surface area contributed by atoms with Gasteiger partial charge in [0, 0.05) is 36.2 Å². The highest BCUT2D eigenvalue weighted by Crippen LogP contribution is 2.27. The third-order valence-electron chi connectivity index (χ3n) is 6.27. The van der Waals surface area contributed by atoms with Gasteiger partial charge in [0.15, 0.2) is 0 Å². The second-order valence-corrected chi connectivity index (χ2v) is 10.8. The van der Waals surface area contributed by atoms with Gasteiger partial charge in [-0.15, -0.1) is 0 Å². The summed E-state index contributed by atoms with van der Waals surface area (Å²) in [5.74, 6) is 1.76. The minimum absolute atomic E-state index is 0.203.